The van der Waals surface area contributed by atoms with Gasteiger partial charge in [0.25, 0.3) is 0 Å². The highest BCUT2D eigenvalue weighted by Gasteiger charge is 2.18. The van der Waals surface area contributed by atoms with Crippen LogP contribution in [-0.4, -0.2) is 22.6 Å². The summed E-state index contributed by atoms with van der Waals surface area (Å²) in [5.41, 5.74) is -0.370. The first kappa shape index (κ1) is 12.7. The van der Waals surface area contributed by atoms with E-state index >= 15 is 0 Å². The first-order chi connectivity index (χ1) is 6.22. The molecule has 0 amide bonds. The van der Waals surface area contributed by atoms with Gasteiger partial charge in [0.05, 0.1) is 0 Å². The maximum Gasteiger partial charge on any atom is 0.333 e. The second-order valence-corrected chi connectivity index (χ2v) is 4.00. The number of hydrogen-bond acceptors (Lipinski definition) is 3. The normalized spacial score (nSPS) is 10.8. The molecule has 0 aliphatic rings. The van der Waals surface area contributed by atoms with Crippen LogP contribution in [0.2, 0.25) is 0 Å². The topological polar surface area (TPSA) is 63.6 Å². The van der Waals surface area contributed by atoms with Crippen molar-refractivity contribution in [1.29, 1.82) is 0 Å². The highest BCUT2D eigenvalue weighted by Crippen LogP contribution is 2.12. The molecule has 0 spiro atoms. The maximum absolute atomic E-state index is 11.3. The minimum absolute atomic E-state index is 0.0991. The van der Waals surface area contributed by atoms with Gasteiger partial charge >= 0.3 is 11.9 Å². The molecule has 14 heavy (non-hydrogen) atoms. The molecule has 4 heteroatoms. The van der Waals surface area contributed by atoms with E-state index in [9.17, 15) is 9.59 Å². The largest absolute Gasteiger partial charge is 0.481 e. The van der Waals surface area contributed by atoms with Crippen molar-refractivity contribution in [3.8, 4) is 0 Å². The van der Waals surface area contributed by atoms with Crippen molar-refractivity contribution in [2.45, 2.75) is 39.2 Å². The van der Waals surface area contributed by atoms with Gasteiger partial charge in [-0.3, -0.25) is 4.79 Å². The maximum atomic E-state index is 11.3. The van der Waals surface area contributed by atoms with Gasteiger partial charge in [-0.2, -0.15) is 0 Å². The van der Waals surface area contributed by atoms with E-state index in [1.54, 1.807) is 20.8 Å². The number of carboxylic acid groups (broad SMARTS) is 1. The van der Waals surface area contributed by atoms with Crippen LogP contribution < -0.4 is 0 Å². The van der Waals surface area contributed by atoms with E-state index in [0.717, 1.165) is 0 Å². The molecule has 4 nitrogen and oxygen atoms in total. The number of hydrogen-bond donors (Lipinski definition) is 1. The average Bonchev–Trinajstić information content (AvgIpc) is 1.96. The number of ether oxygens (including phenoxy) is 1. The minimum Gasteiger partial charge on any atom is -0.481 e. The Balaban J connectivity index is 4.01. The molecule has 0 aliphatic carbocycles. The smallest absolute Gasteiger partial charge is 0.333 e. The zero-order chi connectivity index (χ0) is 11.4. The lowest BCUT2D eigenvalue weighted by atomic mass is 10.1. The van der Waals surface area contributed by atoms with Crippen LogP contribution in [0.4, 0.5) is 0 Å². The lowest BCUT2D eigenvalue weighted by Gasteiger charge is -2.19. The summed E-state index contributed by atoms with van der Waals surface area (Å²) in [6.07, 6.45) is 0.0301. The predicted octanol–water partition coefficient (Wildman–Crippen LogP) is 1.75. The van der Waals surface area contributed by atoms with E-state index in [1.807, 2.05) is 0 Å². The molecule has 80 valence electrons. The highest BCUT2D eigenvalue weighted by atomic mass is 16.6. The van der Waals surface area contributed by atoms with Crippen LogP contribution >= 0.6 is 0 Å². The van der Waals surface area contributed by atoms with Gasteiger partial charge in [0.2, 0.25) is 0 Å². The molecule has 0 aromatic heterocycles. The number of carboxylic acids is 1. The molecule has 1 N–H and O–H groups in total. The fraction of sp³-hybridized carbons (Fsp3) is 0.600. The van der Waals surface area contributed by atoms with Gasteiger partial charge in [0, 0.05) is 12.0 Å². The molecule has 0 heterocycles. The van der Waals surface area contributed by atoms with Gasteiger partial charge in [0.1, 0.15) is 5.60 Å². The molecule has 0 rings (SSSR count). The number of rotatable bonds is 4. The predicted molar refractivity (Wildman–Crippen MR) is 51.9 cm³/mol. The lowest BCUT2D eigenvalue weighted by Crippen LogP contribution is -2.24. The van der Waals surface area contributed by atoms with Crippen LogP contribution in [0, 0.1) is 0 Å². The third-order valence-corrected chi connectivity index (χ3v) is 1.33. The fourth-order valence-corrected chi connectivity index (χ4v) is 0.710. The molecule has 0 aliphatic heterocycles. The zero-order valence-corrected chi connectivity index (χ0v) is 8.79. The van der Waals surface area contributed by atoms with Gasteiger partial charge in [-0.15, -0.1) is 0 Å². The molecule has 0 atom stereocenters. The molecule has 0 aromatic carbocycles. The molecule has 0 aromatic rings. The van der Waals surface area contributed by atoms with Crippen molar-refractivity contribution in [1.82, 2.24) is 0 Å². The lowest BCUT2D eigenvalue weighted by molar-refractivity contribution is -0.150. The monoisotopic (exact) mass is 200 g/mol. The van der Waals surface area contributed by atoms with E-state index in [2.05, 4.69) is 6.58 Å². The van der Waals surface area contributed by atoms with E-state index in [1.165, 1.54) is 0 Å². The number of esters is 1. The quantitative estimate of drug-likeness (QED) is 0.554. The van der Waals surface area contributed by atoms with Crippen molar-refractivity contribution < 1.29 is 19.4 Å². The summed E-state index contributed by atoms with van der Waals surface area (Å²) in [6, 6.07) is 0. The average molecular weight is 200 g/mol. The molecule has 0 fully saturated rings. The zero-order valence-electron chi connectivity index (χ0n) is 8.79. The summed E-state index contributed by atoms with van der Waals surface area (Å²) in [5, 5.41) is 8.38. The second-order valence-electron chi connectivity index (χ2n) is 4.00. The first-order valence-corrected chi connectivity index (χ1v) is 4.35. The molecule has 0 unspecified atom stereocenters. The van der Waals surface area contributed by atoms with Gasteiger partial charge in [-0.05, 0) is 27.2 Å². The van der Waals surface area contributed by atoms with Gasteiger partial charge in [-0.25, -0.2) is 4.79 Å². The Morgan fingerprint density at radius 1 is 1.29 bits per heavy atom. The van der Waals surface area contributed by atoms with Gasteiger partial charge in [-0.1, -0.05) is 6.58 Å². The summed E-state index contributed by atoms with van der Waals surface area (Å²) in [7, 11) is 0. The molecule has 0 radical (unpaired) electrons. The van der Waals surface area contributed by atoms with E-state index in [0.29, 0.717) is 0 Å². The molecular weight excluding hydrogens is 184 g/mol. The van der Waals surface area contributed by atoms with Crippen molar-refractivity contribution in [2.75, 3.05) is 0 Å². The highest BCUT2D eigenvalue weighted by molar-refractivity contribution is 5.88. The van der Waals surface area contributed by atoms with Crippen LogP contribution in [0.25, 0.3) is 0 Å². The molecular formula is C10H16O4. The number of aliphatic carboxylic acids is 1. The van der Waals surface area contributed by atoms with Crippen molar-refractivity contribution in [3.63, 3.8) is 0 Å². The number of carbonyl (C=O) groups is 2. The Morgan fingerprint density at radius 2 is 1.79 bits per heavy atom. The fourth-order valence-electron chi connectivity index (χ4n) is 0.710. The molecule has 0 saturated heterocycles. The first-order valence-electron chi connectivity index (χ1n) is 4.35. The summed E-state index contributed by atoms with van der Waals surface area (Å²) in [4.78, 5) is 21.5. The Bertz CT molecular complexity index is 247. The van der Waals surface area contributed by atoms with Gasteiger partial charge < -0.3 is 9.84 Å². The summed E-state index contributed by atoms with van der Waals surface area (Å²) >= 11 is 0. The molecule has 0 saturated carbocycles. The van der Waals surface area contributed by atoms with Crippen LogP contribution in [0.3, 0.4) is 0 Å². The van der Waals surface area contributed by atoms with Crippen molar-refractivity contribution in [3.05, 3.63) is 12.2 Å². The Kier molecular flexibility index (Phi) is 4.34. The summed E-state index contributed by atoms with van der Waals surface area (Å²) in [6.45, 7) is 8.71. The molecule has 0 bridgehead atoms. The van der Waals surface area contributed by atoms with Crippen molar-refractivity contribution in [2.24, 2.45) is 0 Å². The standard InChI is InChI=1S/C10H16O4/c1-7(5-6-8(11)12)9(13)14-10(2,3)4/h1,5-6H2,2-4H3,(H,11,12). The number of carbonyl (C=O) groups excluding carboxylic acids is 1. The minimum atomic E-state index is -0.949. The van der Waals surface area contributed by atoms with E-state index < -0.39 is 17.5 Å². The third kappa shape index (κ3) is 6.22. The Labute approximate surface area is 83.6 Å². The van der Waals surface area contributed by atoms with E-state index in [4.69, 9.17) is 9.84 Å². The second kappa shape index (κ2) is 4.79. The van der Waals surface area contributed by atoms with Crippen LogP contribution in [0.5, 0.6) is 0 Å². The summed E-state index contributed by atoms with van der Waals surface area (Å²) < 4.78 is 5.00. The van der Waals surface area contributed by atoms with Gasteiger partial charge in [0.15, 0.2) is 0 Å². The Morgan fingerprint density at radius 3 is 2.14 bits per heavy atom. The summed E-state index contributed by atoms with van der Waals surface area (Å²) in [5.74, 6) is -1.48. The third-order valence-electron chi connectivity index (χ3n) is 1.33. The SMILES string of the molecule is C=C(CCC(=O)O)C(=O)OC(C)(C)C. The Hall–Kier alpha value is -1.32. The van der Waals surface area contributed by atoms with Crippen LogP contribution in [0.15, 0.2) is 12.2 Å². The van der Waals surface area contributed by atoms with Crippen molar-refractivity contribution >= 4 is 11.9 Å². The van der Waals surface area contributed by atoms with E-state index in [-0.39, 0.29) is 18.4 Å². The van der Waals surface area contributed by atoms with Crippen LogP contribution in [0.1, 0.15) is 33.6 Å². The van der Waals surface area contributed by atoms with Crippen LogP contribution in [-0.2, 0) is 14.3 Å².